The fraction of sp³-hybridized carbons (Fsp3) is 0.105. The molecule has 0 spiro atoms. The monoisotopic (exact) mass is 367 g/mol. The number of rotatable bonds is 4. The Hall–Kier alpha value is -3.52. The van der Waals surface area contributed by atoms with Gasteiger partial charge >= 0.3 is 6.03 Å². The van der Waals surface area contributed by atoms with Gasteiger partial charge in [-0.25, -0.2) is 9.18 Å². The molecule has 0 saturated carbocycles. The van der Waals surface area contributed by atoms with Gasteiger partial charge in [0.1, 0.15) is 5.82 Å². The van der Waals surface area contributed by atoms with Crippen LogP contribution < -0.4 is 21.9 Å². The molecule has 7 nitrogen and oxygen atoms in total. The standard InChI is InChI=1S/C19H18FN5O2/c1-11-4-2-3-5-16(11)23-19(27)25-18-22-10-14(17(26)24-18)12-6-7-13(9-21)15(20)8-12/h2-8,10H,9,21H2,1H3,(H3,22,23,24,25,26,27). The van der Waals surface area contributed by atoms with Gasteiger partial charge in [0, 0.05) is 24.0 Å². The zero-order chi connectivity index (χ0) is 19.4. The second kappa shape index (κ2) is 7.79. The fourth-order valence-electron chi connectivity index (χ4n) is 2.52. The minimum atomic E-state index is -0.597. The van der Waals surface area contributed by atoms with Crippen molar-refractivity contribution >= 4 is 17.7 Å². The Balaban J connectivity index is 1.77. The van der Waals surface area contributed by atoms with Crippen LogP contribution in [0.4, 0.5) is 20.8 Å². The molecule has 0 aliphatic heterocycles. The normalized spacial score (nSPS) is 10.5. The van der Waals surface area contributed by atoms with Crippen LogP contribution >= 0.6 is 0 Å². The number of hydrogen-bond donors (Lipinski definition) is 4. The molecular weight excluding hydrogens is 349 g/mol. The van der Waals surface area contributed by atoms with Gasteiger partial charge < -0.3 is 16.0 Å². The van der Waals surface area contributed by atoms with Crippen LogP contribution in [0.15, 0.2) is 53.5 Å². The molecule has 1 aromatic heterocycles. The second-order valence-corrected chi connectivity index (χ2v) is 5.87. The summed E-state index contributed by atoms with van der Waals surface area (Å²) in [6.45, 7) is 1.93. The zero-order valence-corrected chi connectivity index (χ0v) is 14.5. The minimum absolute atomic E-state index is 0.0196. The maximum atomic E-state index is 13.9. The number of urea groups is 1. The molecule has 1 heterocycles. The van der Waals surface area contributed by atoms with Crippen LogP contribution in [-0.4, -0.2) is 16.0 Å². The molecule has 27 heavy (non-hydrogen) atoms. The fourth-order valence-corrected chi connectivity index (χ4v) is 2.52. The van der Waals surface area contributed by atoms with Crippen LogP contribution in [0.5, 0.6) is 0 Å². The number of para-hydroxylation sites is 1. The van der Waals surface area contributed by atoms with Gasteiger partial charge in [-0.2, -0.15) is 4.98 Å². The summed E-state index contributed by atoms with van der Waals surface area (Å²) in [6.07, 6.45) is 1.37. The van der Waals surface area contributed by atoms with E-state index in [-0.39, 0.29) is 18.1 Å². The Bertz CT molecular complexity index is 1050. The van der Waals surface area contributed by atoms with E-state index in [1.54, 1.807) is 18.2 Å². The number of amides is 2. The number of aryl methyl sites for hydroxylation is 1. The third-order valence-electron chi connectivity index (χ3n) is 4.01. The van der Waals surface area contributed by atoms with Crippen LogP contribution in [-0.2, 0) is 6.54 Å². The maximum Gasteiger partial charge on any atom is 0.326 e. The van der Waals surface area contributed by atoms with Crippen molar-refractivity contribution in [1.82, 2.24) is 9.97 Å². The molecule has 3 aromatic rings. The summed E-state index contributed by atoms with van der Waals surface area (Å²) in [4.78, 5) is 30.8. The molecule has 0 atom stereocenters. The number of aromatic amines is 1. The number of anilines is 2. The Morgan fingerprint density at radius 1 is 1.22 bits per heavy atom. The molecule has 2 amide bonds. The molecule has 0 radical (unpaired) electrons. The molecule has 0 unspecified atom stereocenters. The molecule has 3 rings (SSSR count). The summed E-state index contributed by atoms with van der Waals surface area (Å²) in [5.41, 5.74) is 7.28. The van der Waals surface area contributed by atoms with Gasteiger partial charge in [0.25, 0.3) is 5.56 Å². The summed E-state index contributed by atoms with van der Waals surface area (Å²) in [5, 5.41) is 5.13. The van der Waals surface area contributed by atoms with Gasteiger partial charge in [-0.15, -0.1) is 0 Å². The quantitative estimate of drug-likeness (QED) is 0.568. The largest absolute Gasteiger partial charge is 0.331 e. The number of benzene rings is 2. The lowest BCUT2D eigenvalue weighted by molar-refractivity contribution is 0.262. The van der Waals surface area contributed by atoms with Crippen LogP contribution in [0.1, 0.15) is 11.1 Å². The number of nitrogens with two attached hydrogens (primary N) is 1. The zero-order valence-electron chi connectivity index (χ0n) is 14.5. The van der Waals surface area contributed by atoms with Crippen LogP contribution in [0, 0.1) is 12.7 Å². The third-order valence-corrected chi connectivity index (χ3v) is 4.01. The first-order valence-electron chi connectivity index (χ1n) is 8.20. The van der Waals surface area contributed by atoms with Gasteiger partial charge in [0.15, 0.2) is 0 Å². The smallest absolute Gasteiger partial charge is 0.326 e. The molecule has 5 N–H and O–H groups in total. The van der Waals surface area contributed by atoms with Gasteiger partial charge in [0.05, 0.1) is 5.56 Å². The molecule has 0 saturated heterocycles. The molecular formula is C19H18FN5O2. The predicted molar refractivity (Wildman–Crippen MR) is 102 cm³/mol. The lowest BCUT2D eigenvalue weighted by atomic mass is 10.1. The minimum Gasteiger partial charge on any atom is -0.331 e. The lowest BCUT2D eigenvalue weighted by Crippen LogP contribution is -2.23. The Morgan fingerprint density at radius 2 is 2.00 bits per heavy atom. The van der Waals surface area contributed by atoms with E-state index in [0.29, 0.717) is 16.8 Å². The van der Waals surface area contributed by atoms with Gasteiger partial charge in [-0.1, -0.05) is 30.3 Å². The average molecular weight is 367 g/mol. The molecule has 2 aromatic carbocycles. The molecule has 0 aliphatic rings. The number of carbonyl (C=O) groups excluding carboxylic acids is 1. The first-order chi connectivity index (χ1) is 13.0. The van der Waals surface area contributed by atoms with E-state index in [1.165, 1.54) is 18.3 Å². The van der Waals surface area contributed by atoms with Crippen molar-refractivity contribution in [2.24, 2.45) is 5.73 Å². The highest BCUT2D eigenvalue weighted by Gasteiger charge is 2.11. The maximum absolute atomic E-state index is 13.9. The highest BCUT2D eigenvalue weighted by Crippen LogP contribution is 2.19. The lowest BCUT2D eigenvalue weighted by Gasteiger charge is -2.09. The van der Waals surface area contributed by atoms with E-state index in [0.717, 1.165) is 5.56 Å². The summed E-state index contributed by atoms with van der Waals surface area (Å²) in [6, 6.07) is 11.1. The number of carbonyl (C=O) groups is 1. The van der Waals surface area contributed by atoms with Crippen molar-refractivity contribution < 1.29 is 9.18 Å². The van der Waals surface area contributed by atoms with Gasteiger partial charge in [-0.05, 0) is 30.2 Å². The van der Waals surface area contributed by atoms with Crippen molar-refractivity contribution in [2.45, 2.75) is 13.5 Å². The van der Waals surface area contributed by atoms with E-state index >= 15 is 0 Å². The van der Waals surface area contributed by atoms with Crippen molar-refractivity contribution in [2.75, 3.05) is 10.6 Å². The van der Waals surface area contributed by atoms with E-state index < -0.39 is 17.4 Å². The van der Waals surface area contributed by atoms with Crippen molar-refractivity contribution in [3.05, 3.63) is 76.0 Å². The predicted octanol–water partition coefficient (Wildman–Crippen LogP) is 2.99. The van der Waals surface area contributed by atoms with E-state index in [1.807, 2.05) is 19.1 Å². The first kappa shape index (κ1) is 18.3. The van der Waals surface area contributed by atoms with Crippen LogP contribution in [0.3, 0.4) is 0 Å². The number of aromatic nitrogens is 2. The molecule has 8 heteroatoms. The Labute approximate surface area is 154 Å². The van der Waals surface area contributed by atoms with Crippen LogP contribution in [0.25, 0.3) is 11.1 Å². The summed E-state index contributed by atoms with van der Waals surface area (Å²) in [7, 11) is 0. The number of halogens is 1. The van der Waals surface area contributed by atoms with Gasteiger partial charge in [0.2, 0.25) is 5.95 Å². The highest BCUT2D eigenvalue weighted by molar-refractivity contribution is 5.99. The number of nitrogens with zero attached hydrogens (tertiary/aromatic N) is 1. The van der Waals surface area contributed by atoms with Crippen LogP contribution in [0.2, 0.25) is 0 Å². The van der Waals surface area contributed by atoms with Crippen molar-refractivity contribution in [3.63, 3.8) is 0 Å². The molecule has 0 bridgehead atoms. The summed E-state index contributed by atoms with van der Waals surface area (Å²) < 4.78 is 13.9. The Kier molecular flexibility index (Phi) is 5.28. The van der Waals surface area contributed by atoms with Gasteiger partial charge in [-0.3, -0.25) is 10.1 Å². The summed E-state index contributed by atoms with van der Waals surface area (Å²) in [5.74, 6) is -0.511. The second-order valence-electron chi connectivity index (χ2n) is 5.87. The van der Waals surface area contributed by atoms with E-state index in [2.05, 4.69) is 20.6 Å². The molecule has 0 aliphatic carbocycles. The highest BCUT2D eigenvalue weighted by atomic mass is 19.1. The van der Waals surface area contributed by atoms with E-state index in [4.69, 9.17) is 5.73 Å². The number of nitrogens with one attached hydrogen (secondary N) is 3. The Morgan fingerprint density at radius 3 is 2.67 bits per heavy atom. The number of hydrogen-bond acceptors (Lipinski definition) is 4. The molecule has 0 fully saturated rings. The topological polar surface area (TPSA) is 113 Å². The first-order valence-corrected chi connectivity index (χ1v) is 8.20. The van der Waals surface area contributed by atoms with Crippen molar-refractivity contribution in [1.29, 1.82) is 0 Å². The van der Waals surface area contributed by atoms with E-state index in [9.17, 15) is 14.0 Å². The molecule has 138 valence electrons. The SMILES string of the molecule is Cc1ccccc1NC(=O)Nc1nc(=O)c(-c2ccc(CN)c(F)c2)c[nH]1. The summed E-state index contributed by atoms with van der Waals surface area (Å²) >= 11 is 0. The van der Waals surface area contributed by atoms with Crippen molar-refractivity contribution in [3.8, 4) is 11.1 Å². The third kappa shape index (κ3) is 4.18. The average Bonchev–Trinajstić information content (AvgIpc) is 2.63. The number of H-pyrrole nitrogens is 1.